The molecule has 45 heavy (non-hydrogen) atoms. The Morgan fingerprint density at radius 2 is 1.64 bits per heavy atom. The molecule has 244 valence electrons. The molecule has 4 rings (SSSR count). The summed E-state index contributed by atoms with van der Waals surface area (Å²) in [7, 11) is -3.41. The van der Waals surface area contributed by atoms with Gasteiger partial charge in [0, 0.05) is 11.3 Å². The van der Waals surface area contributed by atoms with Gasteiger partial charge in [-0.2, -0.15) is 22.0 Å². The number of aliphatic hydroxyl groups is 1. The fraction of sp³-hybridized carbons (Fsp3) is 0.387. The Kier molecular flexibility index (Phi) is 11.0. The first-order valence-corrected chi connectivity index (χ1v) is 15.8. The molecule has 8 nitrogen and oxygen atoms in total. The molecule has 0 spiro atoms. The molecule has 1 aliphatic rings. The lowest BCUT2D eigenvalue weighted by Gasteiger charge is -2.41. The van der Waals surface area contributed by atoms with Crippen LogP contribution in [-0.4, -0.2) is 63.7 Å². The summed E-state index contributed by atoms with van der Waals surface area (Å²) in [6.45, 7) is -1.93. The summed E-state index contributed by atoms with van der Waals surface area (Å²) in [5.74, 6) is -0.333. The molecule has 0 aromatic heterocycles. The van der Waals surface area contributed by atoms with Crippen LogP contribution in [0.3, 0.4) is 0 Å². The van der Waals surface area contributed by atoms with E-state index in [4.69, 9.17) is 4.74 Å². The summed E-state index contributed by atoms with van der Waals surface area (Å²) in [4.78, 5) is 14.9. The number of hydrogen-bond donors (Lipinski definition) is 2. The Labute approximate surface area is 257 Å². The van der Waals surface area contributed by atoms with Gasteiger partial charge in [0.2, 0.25) is 0 Å². The second kappa shape index (κ2) is 14.6. The van der Waals surface area contributed by atoms with Gasteiger partial charge in [-0.05, 0) is 79.1 Å². The number of ether oxygens (including phenoxy) is 2. The molecular formula is C31H33F5N2O6S. The van der Waals surface area contributed by atoms with Crippen molar-refractivity contribution in [2.75, 3.05) is 30.4 Å². The number of rotatable bonds is 12. The molecule has 1 heterocycles. The van der Waals surface area contributed by atoms with Crippen molar-refractivity contribution in [1.82, 2.24) is 5.32 Å². The van der Waals surface area contributed by atoms with Crippen molar-refractivity contribution in [3.63, 3.8) is 0 Å². The van der Waals surface area contributed by atoms with Crippen molar-refractivity contribution in [1.29, 1.82) is 0 Å². The Balaban J connectivity index is 1.46. The molecule has 0 aliphatic carbocycles. The number of benzene rings is 3. The Morgan fingerprint density at radius 3 is 2.20 bits per heavy atom. The molecule has 1 saturated heterocycles. The minimum atomic E-state index is -4.48. The molecule has 3 aromatic carbocycles. The fourth-order valence-corrected chi connectivity index (χ4v) is 5.92. The Bertz CT molecular complexity index is 1520. The van der Waals surface area contributed by atoms with Crippen molar-refractivity contribution in [3.05, 3.63) is 89.5 Å². The van der Waals surface area contributed by atoms with E-state index in [1.807, 2.05) is 0 Å². The van der Waals surface area contributed by atoms with Gasteiger partial charge in [-0.25, -0.2) is 8.42 Å². The number of hydrogen-bond acceptors (Lipinski definition) is 7. The van der Waals surface area contributed by atoms with Crippen molar-refractivity contribution in [3.8, 4) is 5.75 Å². The quantitative estimate of drug-likeness (QED) is 0.244. The standard InChI is InChI=1S/C31H33F5N2O6S/c1-2-45(41,42)27-15-5-20(6-16-27)28(18-39)37-29(40)21-3-9-23(10-4-21)38-17-26(14-11-24(38)19-43-30(32)33)44-25-12-7-22(8-13-25)31(34,35)36/h3-10,12-13,15-16,24,26,28,30,39H,2,11,14,17-19H2,1H3,(H,37,40)/t24-,26-,28-/m0/s1. The second-order valence-corrected chi connectivity index (χ2v) is 12.7. The zero-order valence-electron chi connectivity index (χ0n) is 24.2. The van der Waals surface area contributed by atoms with Crippen molar-refractivity contribution >= 4 is 21.4 Å². The van der Waals surface area contributed by atoms with Gasteiger partial charge in [0.25, 0.3) is 5.91 Å². The van der Waals surface area contributed by atoms with Crippen LogP contribution < -0.4 is 15.0 Å². The number of alkyl halides is 5. The lowest BCUT2D eigenvalue weighted by Crippen LogP contribution is -2.49. The first-order valence-electron chi connectivity index (χ1n) is 14.2. The molecule has 0 unspecified atom stereocenters. The molecule has 0 radical (unpaired) electrons. The van der Waals surface area contributed by atoms with Crippen LogP contribution in [0.2, 0.25) is 0 Å². The monoisotopic (exact) mass is 656 g/mol. The maximum Gasteiger partial charge on any atom is 0.416 e. The van der Waals surface area contributed by atoms with Crippen LogP contribution in [0.15, 0.2) is 77.7 Å². The third kappa shape index (κ3) is 8.92. The molecule has 0 bridgehead atoms. The average Bonchev–Trinajstić information content (AvgIpc) is 3.02. The van der Waals surface area contributed by atoms with E-state index in [0.717, 1.165) is 12.1 Å². The highest BCUT2D eigenvalue weighted by Crippen LogP contribution is 2.32. The number of amides is 1. The second-order valence-electron chi connectivity index (χ2n) is 10.5. The predicted octanol–water partition coefficient (Wildman–Crippen LogP) is 5.62. The van der Waals surface area contributed by atoms with Gasteiger partial charge >= 0.3 is 12.8 Å². The fourth-order valence-electron chi connectivity index (χ4n) is 5.03. The summed E-state index contributed by atoms with van der Waals surface area (Å²) in [6.07, 6.45) is -4.10. The van der Waals surface area contributed by atoms with Crippen LogP contribution in [0.25, 0.3) is 0 Å². The van der Waals surface area contributed by atoms with E-state index in [1.54, 1.807) is 17.0 Å². The number of sulfone groups is 1. The van der Waals surface area contributed by atoms with Crippen LogP contribution >= 0.6 is 0 Å². The third-order valence-corrected chi connectivity index (χ3v) is 9.28. The van der Waals surface area contributed by atoms with E-state index < -0.39 is 58.9 Å². The lowest BCUT2D eigenvalue weighted by atomic mass is 9.99. The highest BCUT2D eigenvalue weighted by atomic mass is 32.2. The summed E-state index contributed by atoms with van der Waals surface area (Å²) in [6, 6.07) is 15.2. The number of anilines is 1. The zero-order valence-corrected chi connectivity index (χ0v) is 25.0. The van der Waals surface area contributed by atoms with Crippen LogP contribution in [0.4, 0.5) is 27.6 Å². The first-order chi connectivity index (χ1) is 21.3. The normalized spacial score (nSPS) is 18.1. The summed E-state index contributed by atoms with van der Waals surface area (Å²) in [5.41, 5.74) is 0.532. The zero-order chi connectivity index (χ0) is 32.8. The van der Waals surface area contributed by atoms with E-state index in [0.29, 0.717) is 24.1 Å². The molecule has 0 saturated carbocycles. The van der Waals surface area contributed by atoms with Crippen molar-refractivity contribution < 1.29 is 49.7 Å². The largest absolute Gasteiger partial charge is 0.489 e. The summed E-state index contributed by atoms with van der Waals surface area (Å²) >= 11 is 0. The van der Waals surface area contributed by atoms with Gasteiger partial charge in [0.1, 0.15) is 11.9 Å². The Morgan fingerprint density at radius 1 is 1.00 bits per heavy atom. The molecular weight excluding hydrogens is 623 g/mol. The molecule has 1 aliphatic heterocycles. The number of aliphatic hydroxyl groups excluding tert-OH is 1. The number of carbonyl (C=O) groups excluding carboxylic acids is 1. The highest BCUT2D eigenvalue weighted by Gasteiger charge is 2.32. The maximum atomic E-state index is 13.0. The van der Waals surface area contributed by atoms with Crippen molar-refractivity contribution in [2.45, 2.75) is 55.6 Å². The average molecular weight is 657 g/mol. The first kappa shape index (κ1) is 34.1. The van der Waals surface area contributed by atoms with Gasteiger partial charge in [-0.15, -0.1) is 0 Å². The van der Waals surface area contributed by atoms with Gasteiger partial charge in [-0.3, -0.25) is 4.79 Å². The number of halogens is 5. The van der Waals surface area contributed by atoms with E-state index in [1.165, 1.54) is 55.5 Å². The van der Waals surface area contributed by atoms with Gasteiger partial charge in [0.15, 0.2) is 9.84 Å². The number of nitrogens with one attached hydrogen (secondary N) is 1. The topological polar surface area (TPSA) is 105 Å². The molecule has 14 heteroatoms. The van der Waals surface area contributed by atoms with Gasteiger partial charge in [0.05, 0.1) is 48.1 Å². The van der Waals surface area contributed by atoms with Crippen LogP contribution in [0.1, 0.15) is 47.3 Å². The smallest absolute Gasteiger partial charge is 0.416 e. The van der Waals surface area contributed by atoms with Crippen LogP contribution in [0, 0.1) is 0 Å². The van der Waals surface area contributed by atoms with Crippen LogP contribution in [0.5, 0.6) is 5.75 Å². The minimum Gasteiger partial charge on any atom is -0.489 e. The minimum absolute atomic E-state index is 0.0627. The van der Waals surface area contributed by atoms with Crippen molar-refractivity contribution in [2.24, 2.45) is 0 Å². The summed E-state index contributed by atoms with van der Waals surface area (Å²) < 4.78 is 99.1. The lowest BCUT2D eigenvalue weighted by molar-refractivity contribution is -0.137. The Hall–Kier alpha value is -3.75. The van der Waals surface area contributed by atoms with E-state index in [-0.39, 0.29) is 35.1 Å². The van der Waals surface area contributed by atoms with E-state index in [9.17, 15) is 40.3 Å². The number of piperidine rings is 1. The predicted molar refractivity (Wildman–Crippen MR) is 156 cm³/mol. The maximum absolute atomic E-state index is 13.0. The molecule has 3 aromatic rings. The molecule has 1 fully saturated rings. The SMILES string of the molecule is CCS(=O)(=O)c1ccc([C@H](CO)NC(=O)c2ccc(N3C[C@@H](Oc4ccc(C(F)(F)F)cc4)CC[C@H]3COC(F)F)cc2)cc1. The van der Waals surface area contributed by atoms with Crippen LogP contribution in [-0.2, 0) is 20.8 Å². The molecule has 2 N–H and O–H groups in total. The highest BCUT2D eigenvalue weighted by molar-refractivity contribution is 7.91. The number of nitrogens with zero attached hydrogens (tertiary/aromatic N) is 1. The van der Waals surface area contributed by atoms with Gasteiger partial charge < -0.3 is 24.8 Å². The van der Waals surface area contributed by atoms with E-state index >= 15 is 0 Å². The molecule has 3 atom stereocenters. The van der Waals surface area contributed by atoms with E-state index in [2.05, 4.69) is 10.1 Å². The third-order valence-electron chi connectivity index (χ3n) is 7.53. The van der Waals surface area contributed by atoms with Gasteiger partial charge in [-0.1, -0.05) is 19.1 Å². The summed E-state index contributed by atoms with van der Waals surface area (Å²) in [5, 5.41) is 12.6. The molecule has 1 amide bonds. The number of carbonyl (C=O) groups is 1.